The first-order chi connectivity index (χ1) is 14.2. The van der Waals surface area contributed by atoms with E-state index >= 15 is 0 Å². The van der Waals surface area contributed by atoms with Crippen LogP contribution in [0.2, 0.25) is 25.7 Å². The van der Waals surface area contributed by atoms with Crippen LogP contribution in [-0.2, 0) is 19.1 Å². The molecule has 0 bridgehead atoms. The molecule has 0 amide bonds. The molecule has 0 radical (unpaired) electrons. The molecule has 0 rings (SSSR count). The van der Waals surface area contributed by atoms with Crippen molar-refractivity contribution in [3.8, 4) is 0 Å². The summed E-state index contributed by atoms with van der Waals surface area (Å²) >= 11 is 0. The minimum atomic E-state index is -0.975. The smallest absolute Gasteiger partial charge is 0.311 e. The Balaban J connectivity index is 0. The molecule has 0 aromatic rings. The molecular formula is C26H54O4Si. The topological polar surface area (TPSA) is 52.6 Å². The van der Waals surface area contributed by atoms with Gasteiger partial charge in [0.25, 0.3) is 0 Å². The molecule has 1 atom stereocenters. The van der Waals surface area contributed by atoms with Crippen LogP contribution in [0.4, 0.5) is 0 Å². The van der Waals surface area contributed by atoms with Gasteiger partial charge in [0.15, 0.2) is 0 Å². The highest BCUT2D eigenvalue weighted by Crippen LogP contribution is 2.23. The van der Waals surface area contributed by atoms with Gasteiger partial charge in [-0.1, -0.05) is 72.6 Å². The maximum Gasteiger partial charge on any atom is 0.311 e. The average Bonchev–Trinajstić information content (AvgIpc) is 2.70. The number of carbonyl (C=O) groups is 2. The molecule has 0 aromatic heterocycles. The maximum atomic E-state index is 11.8. The summed E-state index contributed by atoms with van der Waals surface area (Å²) in [6.07, 6.45) is 7.39. The quantitative estimate of drug-likeness (QED) is 0.151. The first-order valence-electron chi connectivity index (χ1n) is 12.5. The standard InChI is InChI=1S/C14H28O2.C12H26O2Si/c1-6-9-10-12(7-2)11-16-13(15)14(4,5)8-3;1-7-12(2,3)11(13)14-9-8-10-15(4,5)6/h12H,6-11H2,1-5H3;7-10H2,1-6H3. The fraction of sp³-hybridized carbons (Fsp3) is 0.923. The van der Waals surface area contributed by atoms with Gasteiger partial charge in [0.05, 0.1) is 24.0 Å². The zero-order chi connectivity index (χ0) is 24.7. The predicted octanol–water partition coefficient (Wildman–Crippen LogP) is 7.88. The van der Waals surface area contributed by atoms with E-state index in [1.54, 1.807) is 0 Å². The first-order valence-corrected chi connectivity index (χ1v) is 16.2. The first kappa shape index (κ1) is 32.3. The van der Waals surface area contributed by atoms with E-state index in [0.717, 1.165) is 25.7 Å². The monoisotopic (exact) mass is 458 g/mol. The van der Waals surface area contributed by atoms with Gasteiger partial charge >= 0.3 is 11.9 Å². The van der Waals surface area contributed by atoms with Gasteiger partial charge in [0, 0.05) is 8.07 Å². The third-order valence-corrected chi connectivity index (χ3v) is 8.02. The lowest BCUT2D eigenvalue weighted by Gasteiger charge is -2.22. The Morgan fingerprint density at radius 3 is 1.68 bits per heavy atom. The second-order valence-corrected chi connectivity index (χ2v) is 16.9. The largest absolute Gasteiger partial charge is 0.465 e. The summed E-state index contributed by atoms with van der Waals surface area (Å²) in [5, 5.41) is 0. The highest BCUT2D eigenvalue weighted by Gasteiger charge is 2.28. The van der Waals surface area contributed by atoms with Crippen molar-refractivity contribution in [2.45, 2.75) is 126 Å². The number of unbranched alkanes of at least 4 members (excludes halogenated alkanes) is 1. The molecule has 0 N–H and O–H groups in total. The summed E-state index contributed by atoms with van der Waals surface area (Å²) < 4.78 is 10.7. The van der Waals surface area contributed by atoms with E-state index < -0.39 is 8.07 Å². The third-order valence-electron chi connectivity index (χ3n) is 6.17. The molecule has 0 aliphatic carbocycles. The van der Waals surface area contributed by atoms with Crippen LogP contribution in [0.3, 0.4) is 0 Å². The fourth-order valence-electron chi connectivity index (χ4n) is 2.54. The van der Waals surface area contributed by atoms with E-state index in [1.807, 2.05) is 41.5 Å². The normalized spacial score (nSPS) is 13.1. The van der Waals surface area contributed by atoms with Crippen molar-refractivity contribution in [2.75, 3.05) is 13.2 Å². The predicted molar refractivity (Wildman–Crippen MR) is 136 cm³/mol. The van der Waals surface area contributed by atoms with E-state index in [4.69, 9.17) is 9.47 Å². The molecule has 0 heterocycles. The second-order valence-electron chi connectivity index (χ2n) is 11.3. The molecule has 31 heavy (non-hydrogen) atoms. The zero-order valence-electron chi connectivity index (χ0n) is 22.8. The maximum absolute atomic E-state index is 11.8. The van der Waals surface area contributed by atoms with Crippen LogP contribution in [0.1, 0.15) is 100 Å². The van der Waals surface area contributed by atoms with Crippen LogP contribution in [0, 0.1) is 16.7 Å². The minimum Gasteiger partial charge on any atom is -0.465 e. The molecule has 0 spiro atoms. The zero-order valence-corrected chi connectivity index (χ0v) is 23.8. The van der Waals surface area contributed by atoms with E-state index in [2.05, 4.69) is 33.5 Å². The van der Waals surface area contributed by atoms with Crippen molar-refractivity contribution in [3.63, 3.8) is 0 Å². The molecule has 0 aliphatic heterocycles. The Labute approximate surface area is 195 Å². The van der Waals surface area contributed by atoms with Crippen LogP contribution in [0.25, 0.3) is 0 Å². The van der Waals surface area contributed by atoms with Gasteiger partial charge < -0.3 is 9.47 Å². The number of esters is 2. The summed E-state index contributed by atoms with van der Waals surface area (Å²) in [7, 11) is -0.975. The number of ether oxygens (including phenoxy) is 2. The van der Waals surface area contributed by atoms with Crippen molar-refractivity contribution in [2.24, 2.45) is 16.7 Å². The Bertz CT molecular complexity index is 492. The molecule has 0 aromatic carbocycles. The Morgan fingerprint density at radius 1 is 0.806 bits per heavy atom. The lowest BCUT2D eigenvalue weighted by atomic mass is 9.90. The molecule has 0 aliphatic rings. The van der Waals surface area contributed by atoms with Crippen LogP contribution in [0.5, 0.6) is 0 Å². The van der Waals surface area contributed by atoms with Gasteiger partial charge in [-0.3, -0.25) is 9.59 Å². The van der Waals surface area contributed by atoms with Crippen LogP contribution in [0.15, 0.2) is 0 Å². The molecule has 5 heteroatoms. The minimum absolute atomic E-state index is 0.0510. The average molecular weight is 459 g/mol. The summed E-state index contributed by atoms with van der Waals surface area (Å²) in [5.74, 6) is 0.432. The van der Waals surface area contributed by atoms with Gasteiger partial charge in [-0.15, -0.1) is 0 Å². The van der Waals surface area contributed by atoms with E-state index in [9.17, 15) is 9.59 Å². The lowest BCUT2D eigenvalue weighted by molar-refractivity contribution is -0.156. The van der Waals surface area contributed by atoms with Crippen molar-refractivity contribution in [1.29, 1.82) is 0 Å². The number of hydrogen-bond acceptors (Lipinski definition) is 4. The number of carbonyl (C=O) groups excluding carboxylic acids is 2. The van der Waals surface area contributed by atoms with Crippen molar-refractivity contribution in [1.82, 2.24) is 0 Å². The highest BCUT2D eigenvalue weighted by atomic mass is 28.3. The SMILES string of the molecule is CCC(C)(C)C(=O)OCCC[Si](C)(C)C.CCCCC(CC)COC(=O)C(C)(C)CC. The van der Waals surface area contributed by atoms with Gasteiger partial charge in [0.1, 0.15) is 0 Å². The summed E-state index contributed by atoms with van der Waals surface area (Å²) in [5.41, 5.74) is -0.651. The van der Waals surface area contributed by atoms with Crippen molar-refractivity contribution < 1.29 is 19.1 Å². The summed E-state index contributed by atoms with van der Waals surface area (Å²) in [6.45, 7) is 24.4. The van der Waals surface area contributed by atoms with Crippen molar-refractivity contribution in [3.05, 3.63) is 0 Å². The highest BCUT2D eigenvalue weighted by molar-refractivity contribution is 6.76. The van der Waals surface area contributed by atoms with Crippen LogP contribution in [-0.4, -0.2) is 33.2 Å². The van der Waals surface area contributed by atoms with Crippen LogP contribution >= 0.6 is 0 Å². The van der Waals surface area contributed by atoms with E-state index in [1.165, 1.54) is 25.3 Å². The van der Waals surface area contributed by atoms with E-state index in [-0.39, 0.29) is 22.8 Å². The molecule has 0 saturated heterocycles. The van der Waals surface area contributed by atoms with Crippen LogP contribution < -0.4 is 0 Å². The fourth-order valence-corrected chi connectivity index (χ4v) is 3.74. The molecular weight excluding hydrogens is 404 g/mol. The Morgan fingerprint density at radius 2 is 1.29 bits per heavy atom. The summed E-state index contributed by atoms with van der Waals surface area (Å²) in [4.78, 5) is 23.4. The second kappa shape index (κ2) is 15.9. The molecule has 186 valence electrons. The van der Waals surface area contributed by atoms with Gasteiger partial charge in [-0.05, 0) is 59.3 Å². The number of rotatable bonds is 14. The van der Waals surface area contributed by atoms with Gasteiger partial charge in [-0.25, -0.2) is 0 Å². The molecule has 1 unspecified atom stereocenters. The number of hydrogen-bond donors (Lipinski definition) is 0. The lowest BCUT2D eigenvalue weighted by Crippen LogP contribution is -2.27. The van der Waals surface area contributed by atoms with Gasteiger partial charge in [-0.2, -0.15) is 0 Å². The molecule has 4 nitrogen and oxygen atoms in total. The summed E-state index contributed by atoms with van der Waals surface area (Å²) in [6, 6.07) is 1.23. The Hall–Kier alpha value is -0.843. The molecule has 0 saturated carbocycles. The third kappa shape index (κ3) is 16.4. The van der Waals surface area contributed by atoms with Gasteiger partial charge in [0.2, 0.25) is 0 Å². The molecule has 0 fully saturated rings. The van der Waals surface area contributed by atoms with Crippen molar-refractivity contribution >= 4 is 20.0 Å². The van der Waals surface area contributed by atoms with E-state index in [0.29, 0.717) is 19.1 Å². The Kier molecular flexibility index (Phi) is 16.6.